The summed E-state index contributed by atoms with van der Waals surface area (Å²) in [6.45, 7) is 9.29. The van der Waals surface area contributed by atoms with E-state index in [1.165, 1.54) is 34.0 Å². The van der Waals surface area contributed by atoms with Crippen LogP contribution in [0.25, 0.3) is 0 Å². The molecular weight excluding hydrogens is 333 g/mol. The first-order valence-electron chi connectivity index (χ1n) is 6.80. The second-order valence-corrected chi connectivity index (χ2v) is 5.78. The lowest BCUT2D eigenvalue weighted by molar-refractivity contribution is 0.484. The van der Waals surface area contributed by atoms with Gasteiger partial charge in [0.15, 0.2) is 0 Å². The molecule has 0 aliphatic carbocycles. The summed E-state index contributed by atoms with van der Waals surface area (Å²) < 4.78 is 1.40. The van der Waals surface area contributed by atoms with E-state index in [9.17, 15) is 0 Å². The lowest BCUT2D eigenvalue weighted by atomic mass is 9.99. The molecule has 0 amide bonds. The maximum Gasteiger partial charge on any atom is 0.0330 e. The molecule has 1 atom stereocenters. The lowest BCUT2D eigenvalue weighted by Crippen LogP contribution is -2.23. The first-order chi connectivity index (χ1) is 8.70. The first kappa shape index (κ1) is 15.7. The second-order valence-electron chi connectivity index (χ2n) is 4.70. The van der Waals surface area contributed by atoms with Crippen LogP contribution in [-0.4, -0.2) is 6.54 Å². The number of hydrogen-bond donors (Lipinski definition) is 1. The molecule has 1 aromatic carbocycles. The third kappa shape index (κ3) is 4.73. The number of hydrogen-bond acceptors (Lipinski definition) is 1. The summed E-state index contributed by atoms with van der Waals surface area (Å²) in [4.78, 5) is 0. The number of benzene rings is 1. The molecule has 0 aromatic heterocycles. The summed E-state index contributed by atoms with van der Waals surface area (Å²) in [7, 11) is 0. The molecule has 0 aliphatic heterocycles. The van der Waals surface area contributed by atoms with Crippen molar-refractivity contribution in [3.05, 3.63) is 45.6 Å². The predicted molar refractivity (Wildman–Crippen MR) is 89.0 cm³/mol. The maximum absolute atomic E-state index is 3.80. The van der Waals surface area contributed by atoms with Crippen LogP contribution in [0.1, 0.15) is 49.8 Å². The van der Waals surface area contributed by atoms with Crippen molar-refractivity contribution in [3.8, 4) is 0 Å². The molecule has 0 saturated heterocycles. The minimum atomic E-state index is 0.483. The average molecular weight is 357 g/mol. The highest BCUT2D eigenvalue weighted by molar-refractivity contribution is 14.1. The van der Waals surface area contributed by atoms with Crippen LogP contribution < -0.4 is 5.32 Å². The summed E-state index contributed by atoms with van der Waals surface area (Å²) in [5.41, 5.74) is 2.83. The number of halogens is 1. The van der Waals surface area contributed by atoms with Crippen LogP contribution in [0.15, 0.2) is 30.9 Å². The molecule has 0 bridgehead atoms. The standard InChI is InChI=1S/C16H24IN/c1-4-6-7-11-15(18-12-5-2)14-10-8-9-13(3)16(14)17/h4,8-10,15,18H,1,5-7,11-12H2,2-3H3. The molecule has 2 heteroatoms. The van der Waals surface area contributed by atoms with E-state index >= 15 is 0 Å². The number of rotatable bonds is 8. The van der Waals surface area contributed by atoms with E-state index in [0.29, 0.717) is 6.04 Å². The molecule has 1 N–H and O–H groups in total. The Kier molecular flexibility index (Phi) is 7.59. The van der Waals surface area contributed by atoms with E-state index in [1.54, 1.807) is 0 Å². The van der Waals surface area contributed by atoms with Crippen molar-refractivity contribution in [2.24, 2.45) is 0 Å². The van der Waals surface area contributed by atoms with Gasteiger partial charge in [0.2, 0.25) is 0 Å². The summed E-state index contributed by atoms with van der Waals surface area (Å²) in [6, 6.07) is 7.10. The van der Waals surface area contributed by atoms with Gasteiger partial charge in [0.1, 0.15) is 0 Å². The molecule has 0 saturated carbocycles. The van der Waals surface area contributed by atoms with E-state index in [-0.39, 0.29) is 0 Å². The molecule has 18 heavy (non-hydrogen) atoms. The van der Waals surface area contributed by atoms with Crippen molar-refractivity contribution in [3.63, 3.8) is 0 Å². The summed E-state index contributed by atoms with van der Waals surface area (Å²) >= 11 is 2.47. The zero-order chi connectivity index (χ0) is 13.4. The highest BCUT2D eigenvalue weighted by atomic mass is 127. The molecule has 1 unspecified atom stereocenters. The first-order valence-corrected chi connectivity index (χ1v) is 7.87. The third-order valence-electron chi connectivity index (χ3n) is 3.14. The Morgan fingerprint density at radius 3 is 2.89 bits per heavy atom. The molecule has 0 heterocycles. The monoisotopic (exact) mass is 357 g/mol. The molecule has 0 fully saturated rings. The van der Waals surface area contributed by atoms with Gasteiger partial charge in [0.25, 0.3) is 0 Å². The molecule has 100 valence electrons. The van der Waals surface area contributed by atoms with Gasteiger partial charge in [-0.3, -0.25) is 0 Å². The maximum atomic E-state index is 3.80. The molecule has 1 nitrogen and oxygen atoms in total. The molecule has 1 rings (SSSR count). The van der Waals surface area contributed by atoms with Gasteiger partial charge in [0.05, 0.1) is 0 Å². The van der Waals surface area contributed by atoms with Gasteiger partial charge < -0.3 is 5.32 Å². The van der Waals surface area contributed by atoms with E-state index < -0.39 is 0 Å². The number of unbranched alkanes of at least 4 members (excludes halogenated alkanes) is 1. The van der Waals surface area contributed by atoms with Gasteiger partial charge in [-0.15, -0.1) is 6.58 Å². The summed E-state index contributed by atoms with van der Waals surface area (Å²) in [5, 5.41) is 3.67. The normalized spacial score (nSPS) is 12.4. The zero-order valence-corrected chi connectivity index (χ0v) is 13.7. The average Bonchev–Trinajstić information content (AvgIpc) is 2.37. The SMILES string of the molecule is C=CCCCC(NCCC)c1cccc(C)c1I. The van der Waals surface area contributed by atoms with Crippen LogP contribution in [0.2, 0.25) is 0 Å². The smallest absolute Gasteiger partial charge is 0.0330 e. The Hall–Kier alpha value is -0.350. The van der Waals surface area contributed by atoms with Crippen molar-refractivity contribution in [2.45, 2.75) is 45.6 Å². The van der Waals surface area contributed by atoms with Crippen LogP contribution in [0, 0.1) is 10.5 Å². The van der Waals surface area contributed by atoms with Crippen LogP contribution >= 0.6 is 22.6 Å². The highest BCUT2D eigenvalue weighted by Gasteiger charge is 2.14. The van der Waals surface area contributed by atoms with Gasteiger partial charge >= 0.3 is 0 Å². The summed E-state index contributed by atoms with van der Waals surface area (Å²) in [6.07, 6.45) is 6.69. The molecule has 0 radical (unpaired) electrons. The highest BCUT2D eigenvalue weighted by Crippen LogP contribution is 2.26. The Bertz CT molecular complexity index is 373. The topological polar surface area (TPSA) is 12.0 Å². The fourth-order valence-electron chi connectivity index (χ4n) is 2.09. The molecule has 0 spiro atoms. The number of aryl methyl sites for hydroxylation is 1. The molecule has 1 aromatic rings. The lowest BCUT2D eigenvalue weighted by Gasteiger charge is -2.21. The van der Waals surface area contributed by atoms with Crippen molar-refractivity contribution < 1.29 is 0 Å². The Labute approximate surface area is 125 Å². The van der Waals surface area contributed by atoms with Crippen LogP contribution in [0.5, 0.6) is 0 Å². The minimum absolute atomic E-state index is 0.483. The fraction of sp³-hybridized carbons (Fsp3) is 0.500. The quantitative estimate of drug-likeness (QED) is 0.392. The van der Waals surface area contributed by atoms with Crippen molar-refractivity contribution in [2.75, 3.05) is 6.54 Å². The third-order valence-corrected chi connectivity index (χ3v) is 4.61. The minimum Gasteiger partial charge on any atom is -0.310 e. The Morgan fingerprint density at radius 1 is 1.44 bits per heavy atom. The van der Waals surface area contributed by atoms with Gasteiger partial charge in [-0.2, -0.15) is 0 Å². The number of allylic oxidation sites excluding steroid dienone is 1. The van der Waals surface area contributed by atoms with E-state index in [1.807, 2.05) is 6.08 Å². The van der Waals surface area contributed by atoms with Gasteiger partial charge in [-0.1, -0.05) is 31.2 Å². The Morgan fingerprint density at radius 2 is 2.22 bits per heavy atom. The van der Waals surface area contributed by atoms with E-state index in [0.717, 1.165) is 13.0 Å². The molecular formula is C16H24IN. The number of nitrogens with one attached hydrogen (secondary N) is 1. The fourth-order valence-corrected chi connectivity index (χ4v) is 2.83. The van der Waals surface area contributed by atoms with Gasteiger partial charge in [-0.05, 0) is 72.9 Å². The Balaban J connectivity index is 2.79. The van der Waals surface area contributed by atoms with Crippen molar-refractivity contribution >= 4 is 22.6 Å². The summed E-state index contributed by atoms with van der Waals surface area (Å²) in [5.74, 6) is 0. The predicted octanol–water partition coefficient (Wildman–Crippen LogP) is 5.00. The van der Waals surface area contributed by atoms with Crippen LogP contribution in [-0.2, 0) is 0 Å². The van der Waals surface area contributed by atoms with Gasteiger partial charge in [-0.25, -0.2) is 0 Å². The van der Waals surface area contributed by atoms with E-state index in [4.69, 9.17) is 0 Å². The van der Waals surface area contributed by atoms with E-state index in [2.05, 4.69) is 66.5 Å². The van der Waals surface area contributed by atoms with Crippen LogP contribution in [0.3, 0.4) is 0 Å². The zero-order valence-electron chi connectivity index (χ0n) is 11.5. The van der Waals surface area contributed by atoms with Crippen molar-refractivity contribution in [1.82, 2.24) is 5.32 Å². The second kappa shape index (κ2) is 8.70. The van der Waals surface area contributed by atoms with Crippen LogP contribution in [0.4, 0.5) is 0 Å². The molecule has 0 aliphatic rings. The van der Waals surface area contributed by atoms with Gasteiger partial charge in [0, 0.05) is 9.61 Å². The van der Waals surface area contributed by atoms with Crippen molar-refractivity contribution in [1.29, 1.82) is 0 Å². The largest absolute Gasteiger partial charge is 0.310 e.